The van der Waals surface area contributed by atoms with E-state index in [4.69, 9.17) is 0 Å². The van der Waals surface area contributed by atoms with Crippen LogP contribution in [0.5, 0.6) is 0 Å². The summed E-state index contributed by atoms with van der Waals surface area (Å²) in [6.45, 7) is 0. The second-order valence-electron chi connectivity index (χ2n) is 13.3. The van der Waals surface area contributed by atoms with Crippen molar-refractivity contribution < 1.29 is 0 Å². The standard InChI is InChI=1S/C45H42P2/c1-7-19-38(20-8-1)46(39-21-9-2-10-22-39,40-23-11-3-12-24-40)34-44-36-31-32-37(33-36)45(44)35-47(41-25-13-4-14-26-41,42-27-15-5-16-28-42)43-29-17-6-18-30-43/h1-32,36-37,44-45H,33-35H2/q+2/t36-,37?,44?,45?/m0/s1. The molecule has 2 bridgehead atoms. The van der Waals surface area contributed by atoms with Crippen LogP contribution in [0.3, 0.4) is 0 Å². The largest absolute Gasteiger partial charge is 0.112 e. The molecule has 0 saturated heterocycles. The lowest BCUT2D eigenvalue weighted by atomic mass is 9.86. The van der Waals surface area contributed by atoms with Gasteiger partial charge in [-0.15, -0.1) is 0 Å². The number of hydrogen-bond acceptors (Lipinski definition) is 0. The summed E-state index contributed by atoms with van der Waals surface area (Å²) in [5.74, 6) is 2.42. The molecule has 4 atom stereocenters. The molecule has 3 unspecified atom stereocenters. The Morgan fingerprint density at radius 2 is 0.532 bits per heavy atom. The Bertz CT molecular complexity index is 1570. The Hall–Kier alpha value is -4.08. The van der Waals surface area contributed by atoms with E-state index in [1.165, 1.54) is 50.6 Å². The predicted molar refractivity (Wildman–Crippen MR) is 208 cm³/mol. The Labute approximate surface area is 281 Å². The maximum absolute atomic E-state index is 2.59. The van der Waals surface area contributed by atoms with E-state index in [0.717, 1.165) is 0 Å². The normalized spacial score (nSPS) is 20.3. The smallest absolute Gasteiger partial charge is 0.0847 e. The van der Waals surface area contributed by atoms with Crippen LogP contribution in [-0.2, 0) is 0 Å². The molecule has 0 radical (unpaired) electrons. The van der Waals surface area contributed by atoms with Crippen molar-refractivity contribution in [3.05, 3.63) is 194 Å². The van der Waals surface area contributed by atoms with E-state index in [2.05, 4.69) is 194 Å². The fourth-order valence-electron chi connectivity index (χ4n) is 8.82. The molecule has 2 aliphatic rings. The van der Waals surface area contributed by atoms with E-state index in [9.17, 15) is 0 Å². The second-order valence-corrected chi connectivity index (χ2v) is 20.3. The summed E-state index contributed by atoms with van der Waals surface area (Å²) in [7, 11) is -3.95. The summed E-state index contributed by atoms with van der Waals surface area (Å²) in [5, 5.41) is 8.99. The molecule has 2 aliphatic carbocycles. The van der Waals surface area contributed by atoms with Gasteiger partial charge in [0.1, 0.15) is 46.4 Å². The van der Waals surface area contributed by atoms with Gasteiger partial charge in [-0.3, -0.25) is 0 Å². The summed E-state index contributed by atoms with van der Waals surface area (Å²) in [5.41, 5.74) is 0. The fraction of sp³-hybridized carbons (Fsp3) is 0.156. The molecule has 0 N–H and O–H groups in total. The third-order valence-corrected chi connectivity index (χ3v) is 20.0. The average molecular weight is 645 g/mol. The molecule has 1 fully saturated rings. The van der Waals surface area contributed by atoms with Gasteiger partial charge in [0, 0.05) is 11.8 Å². The van der Waals surface area contributed by atoms with E-state index in [-0.39, 0.29) is 0 Å². The second kappa shape index (κ2) is 13.2. The maximum Gasteiger partial charge on any atom is 0.112 e. The maximum atomic E-state index is 2.59. The first-order valence-electron chi connectivity index (χ1n) is 17.1. The topological polar surface area (TPSA) is 0 Å². The van der Waals surface area contributed by atoms with Crippen LogP contribution in [0.2, 0.25) is 0 Å². The average Bonchev–Trinajstić information content (AvgIpc) is 3.77. The zero-order valence-electron chi connectivity index (χ0n) is 26.8. The van der Waals surface area contributed by atoms with Crippen LogP contribution in [0.4, 0.5) is 0 Å². The molecular weight excluding hydrogens is 602 g/mol. The molecule has 47 heavy (non-hydrogen) atoms. The van der Waals surface area contributed by atoms with Crippen LogP contribution < -0.4 is 31.8 Å². The van der Waals surface area contributed by atoms with Crippen LogP contribution in [0.25, 0.3) is 0 Å². The molecule has 0 aromatic heterocycles. The summed E-state index contributed by atoms with van der Waals surface area (Å²) < 4.78 is 0. The van der Waals surface area contributed by atoms with Gasteiger partial charge in [0.2, 0.25) is 0 Å². The highest BCUT2D eigenvalue weighted by Gasteiger charge is 2.58. The Morgan fingerprint density at radius 1 is 0.319 bits per heavy atom. The number of fused-ring (bicyclic) bond motifs is 2. The fourth-order valence-corrected chi connectivity index (χ4v) is 18.3. The van der Waals surface area contributed by atoms with Crippen molar-refractivity contribution in [2.75, 3.05) is 12.3 Å². The molecule has 0 heterocycles. The van der Waals surface area contributed by atoms with Crippen molar-refractivity contribution in [2.24, 2.45) is 23.7 Å². The third kappa shape index (κ3) is 5.43. The van der Waals surface area contributed by atoms with Crippen LogP contribution in [0.1, 0.15) is 6.42 Å². The summed E-state index contributed by atoms with van der Waals surface area (Å²) in [6.07, 6.45) is 8.86. The molecule has 6 aromatic rings. The molecule has 0 spiro atoms. The molecular formula is C45H42P2+2. The van der Waals surface area contributed by atoms with Crippen LogP contribution in [0.15, 0.2) is 194 Å². The molecule has 2 heteroatoms. The summed E-state index contributed by atoms with van der Waals surface area (Å²) in [4.78, 5) is 0. The molecule has 230 valence electrons. The van der Waals surface area contributed by atoms with Gasteiger partial charge in [-0.2, -0.15) is 0 Å². The molecule has 1 saturated carbocycles. The van der Waals surface area contributed by atoms with Crippen LogP contribution in [0, 0.1) is 23.7 Å². The Balaban J connectivity index is 1.32. The minimum atomic E-state index is -1.97. The number of rotatable bonds is 10. The Morgan fingerprint density at radius 3 is 0.745 bits per heavy atom. The first-order valence-corrected chi connectivity index (χ1v) is 21.0. The third-order valence-electron chi connectivity index (χ3n) is 11.0. The van der Waals surface area contributed by atoms with E-state index in [1.54, 1.807) is 0 Å². The van der Waals surface area contributed by atoms with Crippen LogP contribution in [-0.4, -0.2) is 12.3 Å². The van der Waals surface area contributed by atoms with Crippen molar-refractivity contribution in [3.8, 4) is 0 Å². The first-order chi connectivity index (χ1) is 23.3. The first kappa shape index (κ1) is 30.3. The number of benzene rings is 6. The van der Waals surface area contributed by atoms with Crippen molar-refractivity contribution in [2.45, 2.75) is 6.42 Å². The van der Waals surface area contributed by atoms with Gasteiger partial charge in [0.15, 0.2) is 0 Å². The van der Waals surface area contributed by atoms with Gasteiger partial charge in [-0.05, 0) is 91.1 Å². The highest BCUT2D eigenvalue weighted by Crippen LogP contribution is 2.66. The number of hydrogen-bond donors (Lipinski definition) is 0. The highest BCUT2D eigenvalue weighted by molar-refractivity contribution is 7.96. The lowest BCUT2D eigenvalue weighted by Crippen LogP contribution is -2.41. The van der Waals surface area contributed by atoms with Crippen molar-refractivity contribution in [1.29, 1.82) is 0 Å². The van der Waals surface area contributed by atoms with Gasteiger partial charge in [0.05, 0.1) is 12.3 Å². The zero-order valence-corrected chi connectivity index (χ0v) is 28.6. The van der Waals surface area contributed by atoms with E-state index < -0.39 is 14.5 Å². The predicted octanol–water partition coefficient (Wildman–Crippen LogP) is 8.41. The monoisotopic (exact) mass is 644 g/mol. The van der Waals surface area contributed by atoms with Gasteiger partial charge in [-0.1, -0.05) is 121 Å². The zero-order chi connectivity index (χ0) is 31.5. The van der Waals surface area contributed by atoms with Crippen molar-refractivity contribution in [1.82, 2.24) is 0 Å². The minimum Gasteiger partial charge on any atom is -0.0847 e. The van der Waals surface area contributed by atoms with Gasteiger partial charge in [0.25, 0.3) is 0 Å². The van der Waals surface area contributed by atoms with E-state index in [1.807, 2.05) is 0 Å². The number of allylic oxidation sites excluding steroid dienone is 2. The molecule has 0 amide bonds. The molecule has 0 aliphatic heterocycles. The summed E-state index contributed by atoms with van der Waals surface area (Å²) in [6, 6.07) is 69.1. The molecule has 6 aromatic carbocycles. The SMILES string of the molecule is C1=C[C@H]2CC1C(C[P+](c1ccccc1)(c1ccccc1)c1ccccc1)C2C[P+](c1ccccc1)(c1ccccc1)c1ccccc1. The van der Waals surface area contributed by atoms with E-state index >= 15 is 0 Å². The van der Waals surface area contributed by atoms with Gasteiger partial charge >= 0.3 is 0 Å². The van der Waals surface area contributed by atoms with Crippen molar-refractivity contribution in [3.63, 3.8) is 0 Å². The summed E-state index contributed by atoms with van der Waals surface area (Å²) >= 11 is 0. The Kier molecular flexibility index (Phi) is 8.50. The highest BCUT2D eigenvalue weighted by atomic mass is 31.2. The van der Waals surface area contributed by atoms with Crippen molar-refractivity contribution >= 4 is 46.4 Å². The van der Waals surface area contributed by atoms with Crippen LogP contribution >= 0.6 is 14.5 Å². The lowest BCUT2D eigenvalue weighted by molar-refractivity contribution is 0.374. The molecule has 8 rings (SSSR count). The molecule has 0 nitrogen and oxygen atoms in total. The quantitative estimate of drug-likeness (QED) is 0.104. The minimum absolute atomic E-state index is 0.592. The van der Waals surface area contributed by atoms with Gasteiger partial charge in [-0.25, -0.2) is 0 Å². The lowest BCUT2D eigenvalue weighted by Gasteiger charge is -2.37. The van der Waals surface area contributed by atoms with Gasteiger partial charge < -0.3 is 0 Å². The van der Waals surface area contributed by atoms with E-state index in [0.29, 0.717) is 23.7 Å².